The molecule has 15 nitrogen and oxygen atoms in total. The van der Waals surface area contributed by atoms with E-state index in [2.05, 4.69) is 5.32 Å². The molecule has 0 spiro atoms. The molecule has 0 amide bonds. The van der Waals surface area contributed by atoms with Gasteiger partial charge in [-0.3, -0.25) is 4.18 Å². The van der Waals surface area contributed by atoms with Crippen molar-refractivity contribution < 1.29 is 77.9 Å². The fourth-order valence-electron chi connectivity index (χ4n) is 4.69. The molecular formula is C40H54F3NO14S. The number of halogens is 3. The van der Waals surface area contributed by atoms with Crippen molar-refractivity contribution in [1.82, 2.24) is 0 Å². The minimum absolute atomic E-state index is 0.0129. The first-order chi connectivity index (χ1) is 28.7. The Morgan fingerprint density at radius 2 is 0.898 bits per heavy atom. The third-order valence-electron chi connectivity index (χ3n) is 7.55. The normalized spacial score (nSPS) is 11.8. The van der Waals surface area contributed by atoms with Gasteiger partial charge in [0, 0.05) is 5.69 Å². The van der Waals surface area contributed by atoms with E-state index in [4.69, 9.17) is 51.6 Å². The zero-order chi connectivity index (χ0) is 42.3. The molecular weight excluding hydrogens is 807 g/mol. The first-order valence-corrected chi connectivity index (χ1v) is 20.4. The highest BCUT2D eigenvalue weighted by atomic mass is 32.2. The maximum absolute atomic E-state index is 13.1. The number of carbonyl (C=O) groups excluding carboxylic acids is 1. The number of hydrogen-bond acceptors (Lipinski definition) is 15. The Hall–Kier alpha value is -3.73. The Balaban J connectivity index is 0.996. The number of carbonyl (C=O) groups is 1. The third-order valence-corrected chi connectivity index (χ3v) is 8.88. The summed E-state index contributed by atoms with van der Waals surface area (Å²) in [5.74, 6) is -0.638. The van der Waals surface area contributed by atoms with Crippen molar-refractivity contribution in [1.29, 1.82) is 0 Å². The lowest BCUT2D eigenvalue weighted by Gasteiger charge is -2.13. The van der Waals surface area contributed by atoms with E-state index in [1.807, 2.05) is 0 Å². The zero-order valence-electron chi connectivity index (χ0n) is 32.9. The second-order valence-corrected chi connectivity index (χ2v) is 13.6. The number of rotatable bonds is 35. The topological polar surface area (TPSA) is 165 Å². The van der Waals surface area contributed by atoms with E-state index in [1.165, 1.54) is 30.3 Å². The van der Waals surface area contributed by atoms with Crippen LogP contribution in [-0.4, -0.2) is 147 Å². The van der Waals surface area contributed by atoms with Crippen LogP contribution in [-0.2, 0) is 67.8 Å². The second-order valence-electron chi connectivity index (χ2n) is 12.0. The fraction of sp³-hybridized carbons (Fsp3) is 0.525. The molecule has 0 aliphatic heterocycles. The van der Waals surface area contributed by atoms with Gasteiger partial charge >= 0.3 is 12.1 Å². The Morgan fingerprint density at radius 3 is 1.36 bits per heavy atom. The molecule has 0 aliphatic carbocycles. The Morgan fingerprint density at radius 1 is 0.492 bits per heavy atom. The zero-order valence-corrected chi connectivity index (χ0v) is 33.7. The van der Waals surface area contributed by atoms with Crippen molar-refractivity contribution in [2.24, 2.45) is 0 Å². The van der Waals surface area contributed by atoms with Crippen LogP contribution < -0.4 is 5.32 Å². The first kappa shape index (κ1) is 49.6. The summed E-state index contributed by atoms with van der Waals surface area (Å²) in [6.07, 6.45) is -4.49. The molecule has 330 valence electrons. The summed E-state index contributed by atoms with van der Waals surface area (Å²) in [6, 6.07) is 19.0. The van der Waals surface area contributed by atoms with Gasteiger partial charge in [-0.25, -0.2) is 4.79 Å². The molecule has 3 aromatic carbocycles. The molecule has 0 aromatic heterocycles. The highest BCUT2D eigenvalue weighted by Gasteiger charge is 2.30. The van der Waals surface area contributed by atoms with E-state index in [-0.39, 0.29) is 49.2 Å². The molecule has 59 heavy (non-hydrogen) atoms. The fourth-order valence-corrected chi connectivity index (χ4v) is 5.60. The minimum Gasteiger partial charge on any atom is -0.460 e. The standard InChI is InChI=1S/C40H54F3NO14S/c41-40(42,43)34-7-6-8-35(33-34)44-38-12-5-4-11-37(38)39(45)57-31-29-55-27-25-53-23-21-51-19-17-49-15-13-48-14-16-50-18-20-52-22-24-54-26-28-56-30-32-58-59(46,47)36-9-2-1-3-10-36/h1-12,33,44H,13-32H2. The van der Waals surface area contributed by atoms with Crippen molar-refractivity contribution in [3.8, 4) is 0 Å². The Labute approximate surface area is 343 Å². The van der Waals surface area contributed by atoms with Gasteiger partial charge in [-0.05, 0) is 42.5 Å². The van der Waals surface area contributed by atoms with E-state index in [9.17, 15) is 26.4 Å². The van der Waals surface area contributed by atoms with Crippen LogP contribution >= 0.6 is 0 Å². The molecule has 0 aliphatic rings. The van der Waals surface area contributed by atoms with Crippen molar-refractivity contribution in [3.05, 3.63) is 90.0 Å². The Kier molecular flexibility index (Phi) is 25.5. The molecule has 0 atom stereocenters. The lowest BCUT2D eigenvalue weighted by Crippen LogP contribution is -2.16. The molecule has 3 rings (SSSR count). The number of alkyl halides is 3. The number of esters is 1. The number of nitrogens with one attached hydrogen (secondary N) is 1. The van der Waals surface area contributed by atoms with Crippen molar-refractivity contribution >= 4 is 27.5 Å². The van der Waals surface area contributed by atoms with Crippen LogP contribution in [0.3, 0.4) is 0 Å². The van der Waals surface area contributed by atoms with Gasteiger partial charge in [-0.15, -0.1) is 0 Å². The largest absolute Gasteiger partial charge is 0.460 e. The van der Waals surface area contributed by atoms with Crippen LogP contribution in [0, 0.1) is 0 Å². The summed E-state index contributed by atoms with van der Waals surface area (Å²) in [5.41, 5.74) is -0.122. The van der Waals surface area contributed by atoms with Gasteiger partial charge in [-0.1, -0.05) is 36.4 Å². The predicted octanol–water partition coefficient (Wildman–Crippen LogP) is 5.16. The maximum Gasteiger partial charge on any atom is 0.416 e. The van der Waals surface area contributed by atoms with Crippen LogP contribution in [0.15, 0.2) is 83.8 Å². The molecule has 0 heterocycles. The average Bonchev–Trinajstić information content (AvgIpc) is 3.23. The van der Waals surface area contributed by atoms with Gasteiger partial charge in [0.05, 0.1) is 147 Å². The smallest absolute Gasteiger partial charge is 0.416 e. The molecule has 0 saturated heterocycles. The van der Waals surface area contributed by atoms with Gasteiger partial charge in [0.2, 0.25) is 0 Å². The highest BCUT2D eigenvalue weighted by Crippen LogP contribution is 2.32. The molecule has 0 fully saturated rings. The van der Waals surface area contributed by atoms with Gasteiger partial charge < -0.3 is 52.7 Å². The van der Waals surface area contributed by atoms with Crippen molar-refractivity contribution in [3.63, 3.8) is 0 Å². The second kappa shape index (κ2) is 30.3. The highest BCUT2D eigenvalue weighted by molar-refractivity contribution is 7.86. The van der Waals surface area contributed by atoms with Crippen LogP contribution in [0.1, 0.15) is 15.9 Å². The number of hydrogen-bond donors (Lipinski definition) is 1. The van der Waals surface area contributed by atoms with E-state index in [0.29, 0.717) is 105 Å². The van der Waals surface area contributed by atoms with E-state index >= 15 is 0 Å². The first-order valence-electron chi connectivity index (χ1n) is 19.0. The lowest BCUT2D eigenvalue weighted by atomic mass is 10.1. The molecule has 19 heteroatoms. The van der Waals surface area contributed by atoms with Gasteiger partial charge in [0.15, 0.2) is 0 Å². The number of ether oxygens (including phenoxy) is 10. The number of para-hydroxylation sites is 1. The van der Waals surface area contributed by atoms with Gasteiger partial charge in [0.1, 0.15) is 6.61 Å². The van der Waals surface area contributed by atoms with E-state index in [0.717, 1.165) is 12.1 Å². The summed E-state index contributed by atoms with van der Waals surface area (Å²) < 4.78 is 122. The van der Waals surface area contributed by atoms with Crippen LogP contribution in [0.5, 0.6) is 0 Å². The SMILES string of the molecule is O=C(OCCOCCOCCOCCOCCOCCOCCOCCOCCOCCOS(=O)(=O)c1ccccc1)c1ccccc1Nc1cccc(C(F)(F)F)c1. The summed E-state index contributed by atoms with van der Waals surface area (Å²) in [6.45, 7) is 6.39. The molecule has 3 aromatic rings. The summed E-state index contributed by atoms with van der Waals surface area (Å²) in [4.78, 5) is 12.7. The third kappa shape index (κ3) is 23.0. The predicted molar refractivity (Wildman–Crippen MR) is 208 cm³/mol. The van der Waals surface area contributed by atoms with Crippen LogP contribution in [0.25, 0.3) is 0 Å². The molecule has 0 bridgehead atoms. The summed E-state index contributed by atoms with van der Waals surface area (Å²) >= 11 is 0. The quantitative estimate of drug-likeness (QED) is 0.0468. The average molecular weight is 862 g/mol. The van der Waals surface area contributed by atoms with Crippen LogP contribution in [0.4, 0.5) is 24.5 Å². The molecule has 1 N–H and O–H groups in total. The molecule has 0 unspecified atom stereocenters. The number of anilines is 2. The summed E-state index contributed by atoms with van der Waals surface area (Å²) in [7, 11) is -3.78. The Bertz CT molecular complexity index is 1650. The number of benzene rings is 3. The van der Waals surface area contributed by atoms with Crippen molar-refractivity contribution in [2.75, 3.05) is 137 Å². The van der Waals surface area contributed by atoms with Crippen molar-refractivity contribution in [2.45, 2.75) is 11.1 Å². The minimum atomic E-state index is -4.49. The van der Waals surface area contributed by atoms with Gasteiger partial charge in [0.25, 0.3) is 10.1 Å². The van der Waals surface area contributed by atoms with E-state index in [1.54, 1.807) is 36.4 Å². The maximum atomic E-state index is 13.1. The van der Waals surface area contributed by atoms with E-state index < -0.39 is 27.8 Å². The molecule has 0 saturated carbocycles. The van der Waals surface area contributed by atoms with Gasteiger partial charge in [-0.2, -0.15) is 21.6 Å². The lowest BCUT2D eigenvalue weighted by molar-refractivity contribution is -0.137. The van der Waals surface area contributed by atoms with Crippen LogP contribution in [0.2, 0.25) is 0 Å². The molecule has 0 radical (unpaired) electrons. The summed E-state index contributed by atoms with van der Waals surface area (Å²) in [5, 5.41) is 2.85. The monoisotopic (exact) mass is 861 g/mol.